The van der Waals surface area contributed by atoms with E-state index in [9.17, 15) is 19.8 Å². The van der Waals surface area contributed by atoms with Crippen LogP contribution in [0.5, 0.6) is 0 Å². The maximum absolute atomic E-state index is 11.6. The van der Waals surface area contributed by atoms with Crippen LogP contribution in [0.25, 0.3) is 0 Å². The summed E-state index contributed by atoms with van der Waals surface area (Å²) >= 11 is 0. The summed E-state index contributed by atoms with van der Waals surface area (Å²) in [5.41, 5.74) is -0.961. The number of esters is 2. The molecule has 0 spiro atoms. The number of aliphatic hydroxyl groups excluding tert-OH is 3. The lowest BCUT2D eigenvalue weighted by Gasteiger charge is -2.21. The number of ether oxygens (including phenoxy) is 4. The monoisotopic (exact) mass is 568 g/mol. The molecule has 0 radical (unpaired) electrons. The summed E-state index contributed by atoms with van der Waals surface area (Å²) in [6, 6.07) is 0. The van der Waals surface area contributed by atoms with Gasteiger partial charge in [0.25, 0.3) is 0 Å². The standard InChI is InChI=1S/C18H30O5.C13H22O4/c1-18(2,3)17(20)23-14-8-10-15(19)9-4-6-12-21-16-11-5-7-13-22-16;1-13(2,3)12(16)17-10-6-8-11(15)7-4-5-9-14/h15-16,19H,5,7-14H2,1-3H3;11,14-15H,6-10H2,1-3H3/t15-,16?;11-/m11/s1. The fourth-order valence-corrected chi connectivity index (χ4v) is 3.07. The van der Waals surface area contributed by atoms with Crippen molar-refractivity contribution in [3.05, 3.63) is 0 Å². The summed E-state index contributed by atoms with van der Waals surface area (Å²) in [5, 5.41) is 27.7. The van der Waals surface area contributed by atoms with Crippen LogP contribution < -0.4 is 0 Å². The van der Waals surface area contributed by atoms with E-state index >= 15 is 0 Å². The third-order valence-electron chi connectivity index (χ3n) is 5.54. The number of hydrogen-bond donors (Lipinski definition) is 3. The Morgan fingerprint density at radius 3 is 1.75 bits per heavy atom. The predicted molar refractivity (Wildman–Crippen MR) is 153 cm³/mol. The van der Waals surface area contributed by atoms with E-state index in [1.54, 1.807) is 20.8 Å². The van der Waals surface area contributed by atoms with Crippen molar-refractivity contribution >= 4 is 11.9 Å². The van der Waals surface area contributed by atoms with Crippen LogP contribution in [0.15, 0.2) is 0 Å². The summed E-state index contributed by atoms with van der Waals surface area (Å²) in [6.07, 6.45) is 5.12. The predicted octanol–water partition coefficient (Wildman–Crippen LogP) is 3.76. The molecule has 1 fully saturated rings. The maximum atomic E-state index is 11.6. The maximum Gasteiger partial charge on any atom is 0.311 e. The molecule has 3 atom stereocenters. The second kappa shape index (κ2) is 21.6. The molecular formula is C31H52O9. The van der Waals surface area contributed by atoms with Crippen LogP contribution in [-0.4, -0.2) is 78.8 Å². The van der Waals surface area contributed by atoms with Crippen LogP contribution in [0.3, 0.4) is 0 Å². The topological polar surface area (TPSA) is 132 Å². The number of carbonyl (C=O) groups is 2. The van der Waals surface area contributed by atoms with E-state index in [4.69, 9.17) is 24.1 Å². The Balaban J connectivity index is 0.000000799. The molecule has 0 bridgehead atoms. The first-order valence-corrected chi connectivity index (χ1v) is 14.2. The molecule has 9 nitrogen and oxygen atoms in total. The smallest absolute Gasteiger partial charge is 0.311 e. The second-order valence-electron chi connectivity index (χ2n) is 11.7. The Labute approximate surface area is 241 Å². The van der Waals surface area contributed by atoms with Crippen molar-refractivity contribution in [2.75, 3.05) is 33.0 Å². The molecule has 0 saturated carbocycles. The molecule has 1 aliphatic heterocycles. The quantitative estimate of drug-likeness (QED) is 0.183. The lowest BCUT2D eigenvalue weighted by atomic mass is 9.97. The molecule has 1 aliphatic rings. The van der Waals surface area contributed by atoms with Crippen LogP contribution in [0.2, 0.25) is 0 Å². The van der Waals surface area contributed by atoms with E-state index in [0.29, 0.717) is 58.3 Å². The highest BCUT2D eigenvalue weighted by molar-refractivity contribution is 5.75. The van der Waals surface area contributed by atoms with Gasteiger partial charge in [0.2, 0.25) is 0 Å². The summed E-state index contributed by atoms with van der Waals surface area (Å²) < 4.78 is 21.1. The highest BCUT2D eigenvalue weighted by Gasteiger charge is 2.23. The number of carbonyl (C=O) groups excluding carboxylic acids is 2. The minimum Gasteiger partial charge on any atom is -0.465 e. The van der Waals surface area contributed by atoms with E-state index in [0.717, 1.165) is 25.9 Å². The molecule has 1 unspecified atom stereocenters. The molecule has 1 heterocycles. The lowest BCUT2D eigenvalue weighted by Crippen LogP contribution is -2.23. The van der Waals surface area contributed by atoms with E-state index in [-0.39, 0.29) is 24.8 Å². The first-order valence-electron chi connectivity index (χ1n) is 14.2. The first-order chi connectivity index (χ1) is 18.8. The second-order valence-corrected chi connectivity index (χ2v) is 11.7. The Bertz CT molecular complexity index is 812. The number of aliphatic hydroxyl groups is 3. The van der Waals surface area contributed by atoms with Crippen molar-refractivity contribution in [2.45, 2.75) is 118 Å². The van der Waals surface area contributed by atoms with Gasteiger partial charge in [-0.1, -0.05) is 23.7 Å². The molecule has 1 saturated heterocycles. The van der Waals surface area contributed by atoms with E-state index < -0.39 is 23.0 Å². The summed E-state index contributed by atoms with van der Waals surface area (Å²) in [7, 11) is 0. The molecule has 230 valence electrons. The van der Waals surface area contributed by atoms with Crippen LogP contribution in [0.1, 0.15) is 99.3 Å². The average molecular weight is 569 g/mol. The zero-order valence-corrected chi connectivity index (χ0v) is 25.4. The Hall–Kier alpha value is -2.14. The van der Waals surface area contributed by atoms with Gasteiger partial charge in [-0.3, -0.25) is 9.59 Å². The Morgan fingerprint density at radius 1 is 0.825 bits per heavy atom. The van der Waals surface area contributed by atoms with Crippen molar-refractivity contribution < 1.29 is 43.9 Å². The van der Waals surface area contributed by atoms with Crippen LogP contribution in [0, 0.1) is 34.5 Å². The highest BCUT2D eigenvalue weighted by atomic mass is 16.7. The largest absolute Gasteiger partial charge is 0.465 e. The van der Waals surface area contributed by atoms with E-state index in [1.165, 1.54) is 0 Å². The third kappa shape index (κ3) is 21.7. The van der Waals surface area contributed by atoms with Gasteiger partial charge in [0, 0.05) is 19.4 Å². The Morgan fingerprint density at radius 2 is 1.32 bits per heavy atom. The molecule has 0 aromatic rings. The third-order valence-corrected chi connectivity index (χ3v) is 5.54. The molecule has 0 aromatic heterocycles. The lowest BCUT2D eigenvalue weighted by molar-refractivity contribution is -0.154. The fourth-order valence-electron chi connectivity index (χ4n) is 3.07. The van der Waals surface area contributed by atoms with Gasteiger partial charge >= 0.3 is 11.9 Å². The van der Waals surface area contributed by atoms with Crippen molar-refractivity contribution in [2.24, 2.45) is 10.8 Å². The van der Waals surface area contributed by atoms with Crippen molar-refractivity contribution in [3.63, 3.8) is 0 Å². The van der Waals surface area contributed by atoms with E-state index in [2.05, 4.69) is 23.7 Å². The average Bonchev–Trinajstić information content (AvgIpc) is 2.88. The van der Waals surface area contributed by atoms with Gasteiger partial charge in [0.1, 0.15) is 13.2 Å². The van der Waals surface area contributed by atoms with Gasteiger partial charge in [-0.25, -0.2) is 0 Å². The fraction of sp³-hybridized carbons (Fsp3) is 0.806. The molecule has 1 rings (SSSR count). The molecule has 0 aromatic carbocycles. The minimum absolute atomic E-state index is 0.125. The van der Waals surface area contributed by atoms with E-state index in [1.807, 2.05) is 20.8 Å². The molecule has 3 N–H and O–H groups in total. The van der Waals surface area contributed by atoms with Crippen LogP contribution in [-0.2, 0) is 28.5 Å². The van der Waals surface area contributed by atoms with Crippen molar-refractivity contribution in [3.8, 4) is 23.7 Å². The zero-order valence-electron chi connectivity index (χ0n) is 25.4. The normalized spacial score (nSPS) is 16.6. The van der Waals surface area contributed by atoms with Gasteiger partial charge in [-0.2, -0.15) is 0 Å². The first kappa shape index (κ1) is 37.9. The van der Waals surface area contributed by atoms with Crippen molar-refractivity contribution in [1.29, 1.82) is 0 Å². The number of hydrogen-bond acceptors (Lipinski definition) is 9. The summed E-state index contributed by atoms with van der Waals surface area (Å²) in [4.78, 5) is 22.9. The van der Waals surface area contributed by atoms with Gasteiger partial charge in [0.05, 0.1) is 36.3 Å². The van der Waals surface area contributed by atoms with Gasteiger partial charge in [-0.15, -0.1) is 0 Å². The molecule has 0 aliphatic carbocycles. The molecular weight excluding hydrogens is 516 g/mol. The van der Waals surface area contributed by atoms with Gasteiger partial charge < -0.3 is 34.3 Å². The highest BCUT2D eigenvalue weighted by Crippen LogP contribution is 2.16. The molecule has 40 heavy (non-hydrogen) atoms. The van der Waals surface area contributed by atoms with Gasteiger partial charge in [0.15, 0.2) is 6.29 Å². The minimum atomic E-state index is -0.526. The Kier molecular flexibility index (Phi) is 20.4. The molecule has 0 amide bonds. The summed E-state index contributed by atoms with van der Waals surface area (Å²) in [6.45, 7) is 12.4. The van der Waals surface area contributed by atoms with Crippen LogP contribution in [0.4, 0.5) is 0 Å². The SMILES string of the molecule is CC(C)(C)C(=O)OCCC[C@H](O)CC#CCO.CC(C)(C)C(=O)OCCC[C@H](O)CC#CCOC1CCCCO1. The number of rotatable bonds is 12. The van der Waals surface area contributed by atoms with Gasteiger partial charge in [-0.05, 0) is 86.5 Å². The zero-order chi connectivity index (χ0) is 30.4. The van der Waals surface area contributed by atoms with Crippen LogP contribution >= 0.6 is 0 Å². The van der Waals surface area contributed by atoms with Crippen molar-refractivity contribution in [1.82, 2.24) is 0 Å². The molecule has 9 heteroatoms. The summed E-state index contributed by atoms with van der Waals surface area (Å²) in [5.74, 6) is 10.5.